The number of likely N-dealkylation sites (N-methyl/N-ethyl adjacent to an activating group) is 1. The topological polar surface area (TPSA) is 84.6 Å². The first-order valence-corrected chi connectivity index (χ1v) is 12.9. The molecule has 2 aliphatic heterocycles. The minimum Gasteiger partial charge on any atom is -0.394 e. The lowest BCUT2D eigenvalue weighted by molar-refractivity contribution is 0.193. The van der Waals surface area contributed by atoms with Crippen molar-refractivity contribution in [1.82, 2.24) is 4.31 Å². The molecule has 0 radical (unpaired) electrons. The highest BCUT2D eigenvalue weighted by Crippen LogP contribution is 2.51. The Hall–Kier alpha value is -3.18. The van der Waals surface area contributed by atoms with E-state index in [1.807, 2.05) is 56.4 Å². The molecule has 1 saturated heterocycles. The number of fused-ring (bicyclic) bond motifs is 3. The fraction of sp³-hybridized carbons (Fsp3) is 0.296. The summed E-state index contributed by atoms with van der Waals surface area (Å²) in [5.74, 6) is -0.0246. The predicted octanol–water partition coefficient (Wildman–Crippen LogP) is 4.10. The number of rotatable bonds is 4. The first kappa shape index (κ1) is 22.6. The van der Waals surface area contributed by atoms with Gasteiger partial charge in [0, 0.05) is 25.2 Å². The van der Waals surface area contributed by atoms with Gasteiger partial charge in [0.1, 0.15) is 0 Å². The molecule has 34 heavy (non-hydrogen) atoms. The summed E-state index contributed by atoms with van der Waals surface area (Å²) in [6.07, 6.45) is 0.679. The second kappa shape index (κ2) is 8.55. The summed E-state index contributed by atoms with van der Waals surface area (Å²) >= 11 is 0. The molecule has 5 rings (SSSR count). The van der Waals surface area contributed by atoms with Gasteiger partial charge in [0.15, 0.2) is 0 Å². The quantitative estimate of drug-likeness (QED) is 0.617. The van der Waals surface area contributed by atoms with Crippen LogP contribution >= 0.6 is 0 Å². The van der Waals surface area contributed by atoms with E-state index in [0.717, 1.165) is 27.9 Å². The maximum Gasteiger partial charge on any atom is 0.243 e. The molecule has 0 aromatic heterocycles. The Kier molecular flexibility index (Phi) is 5.68. The molecule has 174 valence electrons. The summed E-state index contributed by atoms with van der Waals surface area (Å²) < 4.78 is 29.1. The zero-order valence-corrected chi connectivity index (χ0v) is 20.0. The minimum atomic E-state index is -3.72. The Labute approximate surface area is 200 Å². The van der Waals surface area contributed by atoms with Crippen molar-refractivity contribution < 1.29 is 13.5 Å². The Balaban J connectivity index is 1.64. The molecular weight excluding hydrogens is 446 g/mol. The lowest BCUT2D eigenvalue weighted by Gasteiger charge is -2.44. The number of benzene rings is 3. The van der Waals surface area contributed by atoms with Crippen molar-refractivity contribution in [3.8, 4) is 17.2 Å². The first-order valence-electron chi connectivity index (χ1n) is 11.4. The van der Waals surface area contributed by atoms with Crippen LogP contribution in [0, 0.1) is 24.2 Å². The van der Waals surface area contributed by atoms with Gasteiger partial charge in [-0.25, -0.2) is 8.42 Å². The SMILES string of the molecule is Cc1ccc(S(=O)(=O)N2CC[C@@H]3[C@H]2c2cc(-c4cccc(C#N)c4)ccc2N(C)[C@H]3CO)cc1. The Morgan fingerprint density at radius 1 is 1.06 bits per heavy atom. The van der Waals surface area contributed by atoms with Crippen LogP contribution in [0.15, 0.2) is 71.6 Å². The summed E-state index contributed by atoms with van der Waals surface area (Å²) in [5, 5.41) is 19.5. The van der Waals surface area contributed by atoms with E-state index in [0.29, 0.717) is 18.5 Å². The third-order valence-corrected chi connectivity index (χ3v) is 9.15. The molecule has 6 nitrogen and oxygen atoms in total. The number of hydrogen-bond acceptors (Lipinski definition) is 5. The average Bonchev–Trinajstić information content (AvgIpc) is 3.30. The molecule has 2 aliphatic rings. The maximum atomic E-state index is 13.7. The lowest BCUT2D eigenvalue weighted by atomic mass is 9.81. The van der Waals surface area contributed by atoms with Crippen molar-refractivity contribution in [2.45, 2.75) is 30.3 Å². The molecule has 0 bridgehead atoms. The second-order valence-corrected chi connectivity index (χ2v) is 11.0. The van der Waals surface area contributed by atoms with Crippen LogP contribution < -0.4 is 4.90 Å². The highest BCUT2D eigenvalue weighted by Gasteiger charge is 2.50. The van der Waals surface area contributed by atoms with Crippen molar-refractivity contribution in [1.29, 1.82) is 5.26 Å². The van der Waals surface area contributed by atoms with Gasteiger partial charge < -0.3 is 10.0 Å². The monoisotopic (exact) mass is 473 g/mol. The maximum absolute atomic E-state index is 13.7. The van der Waals surface area contributed by atoms with E-state index in [1.54, 1.807) is 22.5 Å². The average molecular weight is 474 g/mol. The molecule has 3 atom stereocenters. The molecule has 0 spiro atoms. The molecule has 0 unspecified atom stereocenters. The van der Waals surface area contributed by atoms with Gasteiger partial charge >= 0.3 is 0 Å². The first-order chi connectivity index (χ1) is 16.3. The van der Waals surface area contributed by atoms with Crippen molar-refractivity contribution >= 4 is 15.7 Å². The lowest BCUT2D eigenvalue weighted by Crippen LogP contribution is -2.48. The van der Waals surface area contributed by atoms with Crippen molar-refractivity contribution in [2.75, 3.05) is 25.1 Å². The second-order valence-electron chi connectivity index (χ2n) is 9.15. The van der Waals surface area contributed by atoms with E-state index < -0.39 is 10.0 Å². The highest BCUT2D eigenvalue weighted by molar-refractivity contribution is 7.89. The molecule has 2 heterocycles. The molecule has 1 fully saturated rings. The van der Waals surface area contributed by atoms with Crippen molar-refractivity contribution in [3.05, 3.63) is 83.4 Å². The van der Waals surface area contributed by atoms with Gasteiger partial charge in [-0.3, -0.25) is 0 Å². The molecular formula is C27H27N3O3S. The smallest absolute Gasteiger partial charge is 0.243 e. The molecule has 3 aromatic carbocycles. The zero-order chi connectivity index (χ0) is 24.0. The fourth-order valence-electron chi connectivity index (χ4n) is 5.47. The van der Waals surface area contributed by atoms with Gasteiger partial charge in [-0.05, 0) is 66.4 Å². The minimum absolute atomic E-state index is 0.0246. The van der Waals surface area contributed by atoms with Crippen LogP contribution in [0.1, 0.15) is 29.2 Å². The molecule has 3 aromatic rings. The summed E-state index contributed by atoms with van der Waals surface area (Å²) in [4.78, 5) is 2.37. The fourth-order valence-corrected chi connectivity index (χ4v) is 7.14. The van der Waals surface area contributed by atoms with Gasteiger partial charge in [0.25, 0.3) is 0 Å². The largest absolute Gasteiger partial charge is 0.394 e. The van der Waals surface area contributed by atoms with Gasteiger partial charge in [-0.1, -0.05) is 35.9 Å². The molecule has 7 heteroatoms. The highest BCUT2D eigenvalue weighted by atomic mass is 32.2. The van der Waals surface area contributed by atoms with Gasteiger partial charge in [-0.15, -0.1) is 0 Å². The van der Waals surface area contributed by atoms with E-state index >= 15 is 0 Å². The van der Waals surface area contributed by atoms with Gasteiger partial charge in [0.05, 0.1) is 35.2 Å². The Morgan fingerprint density at radius 2 is 1.79 bits per heavy atom. The Morgan fingerprint density at radius 3 is 2.50 bits per heavy atom. The number of aliphatic hydroxyl groups is 1. The van der Waals surface area contributed by atoms with Crippen LogP contribution in [0.25, 0.3) is 11.1 Å². The van der Waals surface area contributed by atoms with Gasteiger partial charge in [0.2, 0.25) is 10.0 Å². The normalized spacial score (nSPS) is 22.2. The summed E-state index contributed by atoms with van der Waals surface area (Å²) in [5.41, 5.74) is 5.29. The standard InChI is InChI=1S/C27H27N3O3S/c1-18-6-9-22(10-7-18)34(32,33)30-13-12-23-26(17-31)29(2)25-11-8-21(15-24(25)27(23)30)20-5-3-4-19(14-20)16-28/h3-11,14-15,23,26-27,31H,12-13,17H2,1-2H3/t23-,26-,27-/m0/s1. The van der Waals surface area contributed by atoms with Crippen LogP contribution in [-0.4, -0.2) is 44.1 Å². The number of aliphatic hydroxyl groups excluding tert-OH is 1. The van der Waals surface area contributed by atoms with E-state index in [4.69, 9.17) is 0 Å². The van der Waals surface area contributed by atoms with Crippen LogP contribution in [0.5, 0.6) is 0 Å². The van der Waals surface area contributed by atoms with E-state index in [2.05, 4.69) is 17.0 Å². The molecule has 1 N–H and O–H groups in total. The van der Waals surface area contributed by atoms with Gasteiger partial charge in [-0.2, -0.15) is 9.57 Å². The number of hydrogen-bond donors (Lipinski definition) is 1. The molecule has 0 amide bonds. The third-order valence-electron chi connectivity index (χ3n) is 7.26. The van der Waals surface area contributed by atoms with Crippen LogP contribution in [-0.2, 0) is 10.0 Å². The van der Waals surface area contributed by atoms with Crippen LogP contribution in [0.4, 0.5) is 5.69 Å². The number of nitriles is 1. The number of aryl methyl sites for hydroxylation is 1. The summed E-state index contributed by atoms with van der Waals surface area (Å²) in [6.45, 7) is 2.30. The van der Waals surface area contributed by atoms with E-state index in [9.17, 15) is 18.8 Å². The predicted molar refractivity (Wildman–Crippen MR) is 132 cm³/mol. The third kappa shape index (κ3) is 3.59. The van der Waals surface area contributed by atoms with Crippen molar-refractivity contribution in [2.24, 2.45) is 5.92 Å². The van der Waals surface area contributed by atoms with Crippen molar-refractivity contribution in [3.63, 3.8) is 0 Å². The number of sulfonamides is 1. The molecule has 0 saturated carbocycles. The van der Waals surface area contributed by atoms with Crippen LogP contribution in [0.3, 0.4) is 0 Å². The molecule has 0 aliphatic carbocycles. The number of nitrogens with zero attached hydrogens (tertiary/aromatic N) is 3. The number of anilines is 1. The van der Waals surface area contributed by atoms with Crippen LogP contribution in [0.2, 0.25) is 0 Å². The van der Waals surface area contributed by atoms with E-state index in [-0.39, 0.29) is 29.5 Å². The summed E-state index contributed by atoms with van der Waals surface area (Å²) in [7, 11) is -1.75. The zero-order valence-electron chi connectivity index (χ0n) is 19.2. The van der Waals surface area contributed by atoms with E-state index in [1.165, 1.54) is 0 Å². The Bertz CT molecular complexity index is 1380. The summed E-state index contributed by atoms with van der Waals surface area (Å²) in [6, 6.07) is 22.1.